The largest absolute Gasteiger partial charge is 0.494 e. The van der Waals surface area contributed by atoms with Crippen LogP contribution < -0.4 is 4.74 Å². The Morgan fingerprint density at radius 3 is 2.77 bits per heavy atom. The van der Waals surface area contributed by atoms with Crippen molar-refractivity contribution in [3.05, 3.63) is 54.1 Å². The summed E-state index contributed by atoms with van der Waals surface area (Å²) in [6.45, 7) is 3.76. The summed E-state index contributed by atoms with van der Waals surface area (Å²) in [6.07, 6.45) is 1.94. The van der Waals surface area contributed by atoms with E-state index in [9.17, 15) is 4.79 Å². The van der Waals surface area contributed by atoms with Crippen LogP contribution >= 0.6 is 0 Å². The van der Waals surface area contributed by atoms with Gasteiger partial charge in [0.1, 0.15) is 5.75 Å². The summed E-state index contributed by atoms with van der Waals surface area (Å²) in [6, 6.07) is 11.2. The molecule has 3 aromatic rings. The molecule has 26 heavy (non-hydrogen) atoms. The molecule has 7 nitrogen and oxygen atoms in total. The molecule has 0 saturated carbocycles. The van der Waals surface area contributed by atoms with Crippen molar-refractivity contribution in [2.45, 2.75) is 19.3 Å². The number of rotatable bonds is 6. The lowest BCUT2D eigenvalue weighted by Gasteiger charge is -2.37. The first kappa shape index (κ1) is 16.4. The monoisotopic (exact) mass is 353 g/mol. The van der Waals surface area contributed by atoms with Crippen molar-refractivity contribution in [3.63, 3.8) is 0 Å². The number of nitrogens with zero attached hydrogens (tertiary/aromatic N) is 3. The van der Waals surface area contributed by atoms with Gasteiger partial charge in [-0.2, -0.15) is 4.98 Å². The highest BCUT2D eigenvalue weighted by molar-refractivity contribution is 5.79. The van der Waals surface area contributed by atoms with Gasteiger partial charge in [-0.05, 0) is 36.8 Å². The molecule has 1 amide bonds. The van der Waals surface area contributed by atoms with Crippen molar-refractivity contribution in [3.8, 4) is 17.3 Å². The third-order valence-electron chi connectivity index (χ3n) is 4.36. The molecule has 0 aliphatic carbocycles. The second-order valence-corrected chi connectivity index (χ2v) is 6.18. The first-order valence-electron chi connectivity index (χ1n) is 8.60. The predicted molar refractivity (Wildman–Crippen MR) is 92.6 cm³/mol. The minimum Gasteiger partial charge on any atom is -0.494 e. The van der Waals surface area contributed by atoms with Crippen molar-refractivity contribution in [1.29, 1.82) is 0 Å². The second-order valence-electron chi connectivity index (χ2n) is 6.18. The number of furan rings is 1. The fourth-order valence-electron chi connectivity index (χ4n) is 2.90. The van der Waals surface area contributed by atoms with E-state index in [1.165, 1.54) is 0 Å². The number of hydrogen-bond acceptors (Lipinski definition) is 6. The standard InChI is InChI=1S/C19H19N3O4/c1-2-24-15-7-5-13(6-8-15)10-17(23)22-11-14(12-22)19-20-18(21-26-19)16-4-3-9-25-16/h3-9,14H,2,10-12H2,1H3. The highest BCUT2D eigenvalue weighted by atomic mass is 16.5. The molecule has 7 heteroatoms. The predicted octanol–water partition coefficient (Wildman–Crippen LogP) is 2.90. The molecule has 0 N–H and O–H groups in total. The molecule has 0 radical (unpaired) electrons. The molecular weight excluding hydrogens is 334 g/mol. The van der Waals surface area contributed by atoms with Crippen LogP contribution in [0.15, 0.2) is 51.6 Å². The van der Waals surface area contributed by atoms with Crippen LogP contribution in [0.5, 0.6) is 5.75 Å². The molecule has 1 aliphatic rings. The molecule has 2 aromatic heterocycles. The number of carbonyl (C=O) groups excluding carboxylic acids is 1. The molecule has 1 aliphatic heterocycles. The SMILES string of the molecule is CCOc1ccc(CC(=O)N2CC(c3nc(-c4ccco4)no3)C2)cc1. The summed E-state index contributed by atoms with van der Waals surface area (Å²) in [7, 11) is 0. The van der Waals surface area contributed by atoms with Gasteiger partial charge in [-0.3, -0.25) is 4.79 Å². The number of benzene rings is 1. The first-order valence-corrected chi connectivity index (χ1v) is 8.60. The molecule has 0 unspecified atom stereocenters. The molecule has 0 bridgehead atoms. The lowest BCUT2D eigenvalue weighted by atomic mass is 9.99. The Morgan fingerprint density at radius 1 is 1.27 bits per heavy atom. The van der Waals surface area contributed by atoms with E-state index in [1.54, 1.807) is 23.3 Å². The number of aromatic nitrogens is 2. The first-order chi connectivity index (χ1) is 12.7. The number of ether oxygens (including phenoxy) is 1. The van der Waals surface area contributed by atoms with Crippen LogP contribution in [0.25, 0.3) is 11.6 Å². The quantitative estimate of drug-likeness (QED) is 0.678. The fourth-order valence-corrected chi connectivity index (χ4v) is 2.90. The summed E-state index contributed by atoms with van der Waals surface area (Å²) in [5, 5.41) is 3.93. The van der Waals surface area contributed by atoms with Crippen molar-refractivity contribution in [1.82, 2.24) is 15.0 Å². The van der Waals surface area contributed by atoms with Crippen LogP contribution in [-0.2, 0) is 11.2 Å². The highest BCUT2D eigenvalue weighted by Gasteiger charge is 2.35. The van der Waals surface area contributed by atoms with Crippen molar-refractivity contribution >= 4 is 5.91 Å². The van der Waals surface area contributed by atoms with Gasteiger partial charge in [-0.1, -0.05) is 17.3 Å². The zero-order valence-electron chi connectivity index (χ0n) is 14.4. The topological polar surface area (TPSA) is 81.6 Å². The molecule has 134 valence electrons. The summed E-state index contributed by atoms with van der Waals surface area (Å²) in [5.74, 6) is 2.54. The zero-order chi connectivity index (χ0) is 17.9. The van der Waals surface area contributed by atoms with E-state index in [0.717, 1.165) is 11.3 Å². The third kappa shape index (κ3) is 3.33. The number of carbonyl (C=O) groups is 1. The van der Waals surface area contributed by atoms with Gasteiger partial charge < -0.3 is 18.6 Å². The van der Waals surface area contributed by atoms with E-state index in [1.807, 2.05) is 31.2 Å². The summed E-state index contributed by atoms with van der Waals surface area (Å²) < 4.78 is 16.0. The van der Waals surface area contributed by atoms with Crippen molar-refractivity contribution in [2.24, 2.45) is 0 Å². The third-order valence-corrected chi connectivity index (χ3v) is 4.36. The Bertz CT molecular complexity index is 865. The Hall–Kier alpha value is -3.09. The van der Waals surface area contributed by atoms with Gasteiger partial charge >= 0.3 is 0 Å². The van der Waals surface area contributed by atoms with Gasteiger partial charge in [-0.15, -0.1) is 0 Å². The second kappa shape index (κ2) is 7.03. The van der Waals surface area contributed by atoms with Gasteiger partial charge in [0.2, 0.25) is 17.6 Å². The lowest BCUT2D eigenvalue weighted by molar-refractivity contribution is -0.135. The van der Waals surface area contributed by atoms with E-state index in [-0.39, 0.29) is 11.8 Å². The molecule has 1 saturated heterocycles. The maximum absolute atomic E-state index is 12.4. The highest BCUT2D eigenvalue weighted by Crippen LogP contribution is 2.28. The molecule has 1 aromatic carbocycles. The smallest absolute Gasteiger partial charge is 0.238 e. The number of likely N-dealkylation sites (tertiary alicyclic amines) is 1. The van der Waals surface area contributed by atoms with Crippen LogP contribution in [0.3, 0.4) is 0 Å². The van der Waals surface area contributed by atoms with E-state index < -0.39 is 0 Å². The summed E-state index contributed by atoms with van der Waals surface area (Å²) >= 11 is 0. The Kier molecular flexibility index (Phi) is 4.43. The van der Waals surface area contributed by atoms with Crippen LogP contribution in [0.1, 0.15) is 24.3 Å². The molecule has 3 heterocycles. The van der Waals surface area contributed by atoms with Gasteiger partial charge in [-0.25, -0.2) is 0 Å². The van der Waals surface area contributed by atoms with Gasteiger partial charge in [0.25, 0.3) is 0 Å². The summed E-state index contributed by atoms with van der Waals surface area (Å²) in [5.41, 5.74) is 0.972. The van der Waals surface area contributed by atoms with Gasteiger partial charge in [0.05, 0.1) is 25.2 Å². The van der Waals surface area contributed by atoms with E-state index >= 15 is 0 Å². The maximum atomic E-state index is 12.4. The molecule has 0 atom stereocenters. The Morgan fingerprint density at radius 2 is 2.08 bits per heavy atom. The van der Waals surface area contributed by atoms with Crippen molar-refractivity contribution in [2.75, 3.05) is 19.7 Å². The number of amides is 1. The average molecular weight is 353 g/mol. The maximum Gasteiger partial charge on any atom is 0.238 e. The zero-order valence-corrected chi connectivity index (χ0v) is 14.4. The van der Waals surface area contributed by atoms with E-state index in [0.29, 0.717) is 43.6 Å². The van der Waals surface area contributed by atoms with Gasteiger partial charge in [0, 0.05) is 13.1 Å². The molecule has 1 fully saturated rings. The molecule has 4 rings (SSSR count). The van der Waals surface area contributed by atoms with E-state index in [4.69, 9.17) is 13.7 Å². The van der Waals surface area contributed by atoms with Crippen LogP contribution in [0.2, 0.25) is 0 Å². The van der Waals surface area contributed by atoms with E-state index in [2.05, 4.69) is 10.1 Å². The summed E-state index contributed by atoms with van der Waals surface area (Å²) in [4.78, 5) is 18.5. The molecular formula is C19H19N3O4. The fraction of sp³-hybridized carbons (Fsp3) is 0.316. The van der Waals surface area contributed by atoms with Crippen LogP contribution in [0.4, 0.5) is 0 Å². The number of hydrogen-bond donors (Lipinski definition) is 0. The Labute approximate surface area is 150 Å². The van der Waals surface area contributed by atoms with Gasteiger partial charge in [0.15, 0.2) is 5.76 Å². The minimum atomic E-state index is 0.0792. The Balaban J connectivity index is 1.31. The van der Waals surface area contributed by atoms with Crippen LogP contribution in [-0.4, -0.2) is 40.6 Å². The van der Waals surface area contributed by atoms with Crippen LogP contribution in [0, 0.1) is 0 Å². The van der Waals surface area contributed by atoms with Crippen molar-refractivity contribution < 1.29 is 18.5 Å². The normalized spacial score (nSPS) is 14.3. The average Bonchev–Trinajstić information content (AvgIpc) is 3.27. The molecule has 0 spiro atoms. The minimum absolute atomic E-state index is 0.0792. The lowest BCUT2D eigenvalue weighted by Crippen LogP contribution is -2.49.